The van der Waals surface area contributed by atoms with Gasteiger partial charge < -0.3 is 10.4 Å². The SMILES string of the molecule is CNC(C)c1csc(CCCO)n1. The van der Waals surface area contributed by atoms with E-state index in [1.165, 1.54) is 0 Å². The Labute approximate surface area is 82.8 Å². The smallest absolute Gasteiger partial charge is 0.0929 e. The summed E-state index contributed by atoms with van der Waals surface area (Å²) in [6, 6.07) is 0.319. The minimum Gasteiger partial charge on any atom is -0.396 e. The zero-order chi connectivity index (χ0) is 9.68. The molecule has 1 unspecified atom stereocenters. The maximum absolute atomic E-state index is 8.65. The van der Waals surface area contributed by atoms with Gasteiger partial charge in [-0.15, -0.1) is 11.3 Å². The Kier molecular flexibility index (Phi) is 4.35. The lowest BCUT2D eigenvalue weighted by molar-refractivity contribution is 0.288. The van der Waals surface area contributed by atoms with Crippen molar-refractivity contribution in [1.29, 1.82) is 0 Å². The Balaban J connectivity index is 2.53. The van der Waals surface area contributed by atoms with Crippen molar-refractivity contribution in [2.75, 3.05) is 13.7 Å². The van der Waals surface area contributed by atoms with Crippen LogP contribution in [-0.4, -0.2) is 23.7 Å². The van der Waals surface area contributed by atoms with Crippen molar-refractivity contribution in [3.05, 3.63) is 16.1 Å². The predicted molar refractivity (Wildman–Crippen MR) is 55.0 cm³/mol. The van der Waals surface area contributed by atoms with Gasteiger partial charge in [0.15, 0.2) is 0 Å². The van der Waals surface area contributed by atoms with Gasteiger partial charge in [0.25, 0.3) is 0 Å². The van der Waals surface area contributed by atoms with E-state index in [2.05, 4.69) is 22.6 Å². The van der Waals surface area contributed by atoms with Crippen LogP contribution in [0.2, 0.25) is 0 Å². The van der Waals surface area contributed by atoms with Gasteiger partial charge in [-0.1, -0.05) is 0 Å². The van der Waals surface area contributed by atoms with E-state index in [9.17, 15) is 0 Å². The molecule has 0 aliphatic carbocycles. The topological polar surface area (TPSA) is 45.1 Å². The average molecular weight is 200 g/mol. The first-order chi connectivity index (χ1) is 6.27. The highest BCUT2D eigenvalue weighted by Gasteiger charge is 2.06. The summed E-state index contributed by atoms with van der Waals surface area (Å²) in [5.41, 5.74) is 1.10. The van der Waals surface area contributed by atoms with Crippen LogP contribution >= 0.6 is 11.3 Å². The van der Waals surface area contributed by atoms with Gasteiger partial charge in [0.1, 0.15) is 0 Å². The molecule has 1 atom stereocenters. The van der Waals surface area contributed by atoms with Crippen molar-refractivity contribution in [3.8, 4) is 0 Å². The number of aromatic nitrogens is 1. The van der Waals surface area contributed by atoms with Gasteiger partial charge in [-0.3, -0.25) is 0 Å². The van der Waals surface area contributed by atoms with Gasteiger partial charge in [0.05, 0.1) is 10.7 Å². The van der Waals surface area contributed by atoms with E-state index < -0.39 is 0 Å². The number of nitrogens with zero attached hydrogens (tertiary/aromatic N) is 1. The molecule has 4 heteroatoms. The lowest BCUT2D eigenvalue weighted by atomic mass is 10.3. The van der Waals surface area contributed by atoms with Crippen molar-refractivity contribution in [2.45, 2.75) is 25.8 Å². The van der Waals surface area contributed by atoms with Crippen LogP contribution in [0, 0.1) is 0 Å². The molecule has 0 saturated carbocycles. The molecule has 13 heavy (non-hydrogen) atoms. The fraction of sp³-hybridized carbons (Fsp3) is 0.667. The number of aliphatic hydroxyl groups excluding tert-OH is 1. The van der Waals surface area contributed by atoms with Crippen molar-refractivity contribution >= 4 is 11.3 Å². The molecule has 0 fully saturated rings. The van der Waals surface area contributed by atoms with Crippen molar-refractivity contribution in [2.24, 2.45) is 0 Å². The molecule has 1 heterocycles. The largest absolute Gasteiger partial charge is 0.396 e. The van der Waals surface area contributed by atoms with Crippen molar-refractivity contribution < 1.29 is 5.11 Å². The zero-order valence-corrected chi connectivity index (χ0v) is 8.90. The van der Waals surface area contributed by atoms with Gasteiger partial charge in [0.2, 0.25) is 0 Å². The summed E-state index contributed by atoms with van der Waals surface area (Å²) < 4.78 is 0. The zero-order valence-electron chi connectivity index (χ0n) is 8.08. The Morgan fingerprint density at radius 3 is 3.08 bits per heavy atom. The number of hydrogen-bond donors (Lipinski definition) is 2. The maximum Gasteiger partial charge on any atom is 0.0929 e. The van der Waals surface area contributed by atoms with Crippen LogP contribution < -0.4 is 5.32 Å². The summed E-state index contributed by atoms with van der Waals surface area (Å²) in [5.74, 6) is 0. The number of hydrogen-bond acceptors (Lipinski definition) is 4. The Morgan fingerprint density at radius 1 is 1.69 bits per heavy atom. The summed E-state index contributed by atoms with van der Waals surface area (Å²) in [4.78, 5) is 4.46. The van der Waals surface area contributed by atoms with Crippen LogP contribution in [0.3, 0.4) is 0 Å². The quantitative estimate of drug-likeness (QED) is 0.754. The fourth-order valence-corrected chi connectivity index (χ4v) is 1.95. The normalized spacial score (nSPS) is 13.2. The lowest BCUT2D eigenvalue weighted by Crippen LogP contribution is -2.12. The van der Waals surface area contributed by atoms with E-state index in [1.54, 1.807) is 11.3 Å². The van der Waals surface area contributed by atoms with Gasteiger partial charge in [0, 0.05) is 24.4 Å². The molecule has 0 aromatic carbocycles. The Morgan fingerprint density at radius 2 is 2.46 bits per heavy atom. The summed E-state index contributed by atoms with van der Waals surface area (Å²) in [6.07, 6.45) is 1.69. The van der Waals surface area contributed by atoms with E-state index in [-0.39, 0.29) is 6.61 Å². The molecule has 1 rings (SSSR count). The Hall–Kier alpha value is -0.450. The van der Waals surface area contributed by atoms with E-state index >= 15 is 0 Å². The first-order valence-corrected chi connectivity index (χ1v) is 5.38. The van der Waals surface area contributed by atoms with E-state index in [1.807, 2.05) is 7.05 Å². The predicted octanol–water partition coefficient (Wildman–Crippen LogP) is 1.35. The van der Waals surface area contributed by atoms with E-state index in [0.29, 0.717) is 6.04 Å². The number of nitrogens with one attached hydrogen (secondary N) is 1. The third-order valence-electron chi connectivity index (χ3n) is 1.99. The number of aryl methyl sites for hydroxylation is 1. The molecule has 1 aromatic rings. The first kappa shape index (κ1) is 10.6. The number of aliphatic hydroxyl groups is 1. The second-order valence-electron chi connectivity index (χ2n) is 3.00. The fourth-order valence-electron chi connectivity index (χ4n) is 1.02. The number of thiazole rings is 1. The van der Waals surface area contributed by atoms with Gasteiger partial charge >= 0.3 is 0 Å². The van der Waals surface area contributed by atoms with Crippen LogP contribution in [0.5, 0.6) is 0 Å². The first-order valence-electron chi connectivity index (χ1n) is 4.50. The minimum absolute atomic E-state index is 0.247. The molecule has 1 aromatic heterocycles. The van der Waals surface area contributed by atoms with Crippen LogP contribution in [0.25, 0.3) is 0 Å². The Bertz CT molecular complexity index is 250. The third-order valence-corrected chi connectivity index (χ3v) is 2.92. The van der Waals surface area contributed by atoms with Crippen LogP contribution in [-0.2, 0) is 6.42 Å². The molecule has 0 amide bonds. The summed E-state index contributed by atoms with van der Waals surface area (Å²) in [7, 11) is 1.93. The van der Waals surface area contributed by atoms with Gasteiger partial charge in [-0.25, -0.2) is 4.98 Å². The molecule has 0 bridgehead atoms. The third kappa shape index (κ3) is 3.06. The highest BCUT2D eigenvalue weighted by molar-refractivity contribution is 7.09. The van der Waals surface area contributed by atoms with E-state index in [0.717, 1.165) is 23.5 Å². The highest BCUT2D eigenvalue weighted by atomic mass is 32.1. The highest BCUT2D eigenvalue weighted by Crippen LogP contribution is 2.16. The van der Waals surface area contributed by atoms with Crippen LogP contribution in [0.4, 0.5) is 0 Å². The number of rotatable bonds is 5. The molecular formula is C9H16N2OS. The second kappa shape index (κ2) is 5.32. The van der Waals surface area contributed by atoms with Crippen LogP contribution in [0.15, 0.2) is 5.38 Å². The maximum atomic E-state index is 8.65. The lowest BCUT2D eigenvalue weighted by Gasteiger charge is -2.04. The average Bonchev–Trinajstić information content (AvgIpc) is 2.62. The molecule has 0 aliphatic heterocycles. The molecule has 74 valence electrons. The monoisotopic (exact) mass is 200 g/mol. The molecule has 3 nitrogen and oxygen atoms in total. The summed E-state index contributed by atoms with van der Waals surface area (Å²) >= 11 is 1.67. The minimum atomic E-state index is 0.247. The van der Waals surface area contributed by atoms with Crippen LogP contribution in [0.1, 0.15) is 30.1 Å². The molecule has 0 saturated heterocycles. The van der Waals surface area contributed by atoms with Crippen molar-refractivity contribution in [3.63, 3.8) is 0 Å². The summed E-state index contributed by atoms with van der Waals surface area (Å²) in [6.45, 7) is 2.33. The standard InChI is InChI=1S/C9H16N2OS/c1-7(10-2)8-6-13-9(11-8)4-3-5-12/h6-7,10,12H,3-5H2,1-2H3. The molecule has 0 radical (unpaired) electrons. The van der Waals surface area contributed by atoms with Crippen molar-refractivity contribution in [1.82, 2.24) is 10.3 Å². The second-order valence-corrected chi connectivity index (χ2v) is 3.95. The molecule has 0 spiro atoms. The summed E-state index contributed by atoms with van der Waals surface area (Å²) in [5, 5.41) is 15.0. The van der Waals surface area contributed by atoms with Gasteiger partial charge in [-0.2, -0.15) is 0 Å². The molecular weight excluding hydrogens is 184 g/mol. The van der Waals surface area contributed by atoms with Gasteiger partial charge in [-0.05, 0) is 20.4 Å². The van der Waals surface area contributed by atoms with E-state index in [4.69, 9.17) is 5.11 Å². The molecule has 2 N–H and O–H groups in total. The molecule has 0 aliphatic rings.